The molecule has 0 atom stereocenters. The molecule has 0 spiro atoms. The second-order valence-electron chi connectivity index (χ2n) is 8.54. The number of anilines is 1. The van der Waals surface area contributed by atoms with Crippen molar-refractivity contribution in [2.24, 2.45) is 0 Å². The van der Waals surface area contributed by atoms with Gasteiger partial charge in [-0.2, -0.15) is 5.10 Å². The van der Waals surface area contributed by atoms with Crippen LogP contribution in [-0.2, 0) is 6.54 Å². The Morgan fingerprint density at radius 2 is 1.58 bits per heavy atom. The highest BCUT2D eigenvalue weighted by molar-refractivity contribution is 5.76. The third kappa shape index (κ3) is 4.36. The van der Waals surface area contributed by atoms with Gasteiger partial charge in [0.15, 0.2) is 11.6 Å². The van der Waals surface area contributed by atoms with Gasteiger partial charge in [0.25, 0.3) is 5.56 Å². The number of para-hydroxylation sites is 2. The minimum Gasteiger partial charge on any atom is -0.353 e. The van der Waals surface area contributed by atoms with E-state index in [0.717, 1.165) is 66.7 Å². The SMILES string of the molecule is Cc1cc(C)n(-c2ccc(=O)n(CCN3CCN(c4nc5ccccc5nc4C)CC3)n2)n1. The molecule has 1 fully saturated rings. The highest BCUT2D eigenvalue weighted by atomic mass is 16.1. The largest absolute Gasteiger partial charge is 0.353 e. The topological polar surface area (TPSA) is 85.0 Å². The van der Waals surface area contributed by atoms with Crippen LogP contribution in [0.1, 0.15) is 17.1 Å². The fraction of sp³-hybridized carbons (Fsp3) is 0.375. The Morgan fingerprint density at radius 1 is 0.848 bits per heavy atom. The maximum atomic E-state index is 12.4. The van der Waals surface area contributed by atoms with Gasteiger partial charge in [0.1, 0.15) is 0 Å². The van der Waals surface area contributed by atoms with Crippen molar-refractivity contribution in [2.75, 3.05) is 37.6 Å². The predicted molar refractivity (Wildman–Crippen MR) is 128 cm³/mol. The summed E-state index contributed by atoms with van der Waals surface area (Å²) in [5.41, 5.74) is 4.64. The number of hydrogen-bond acceptors (Lipinski definition) is 7. The molecular weight excluding hydrogens is 416 g/mol. The van der Waals surface area contributed by atoms with E-state index in [2.05, 4.69) is 20.0 Å². The van der Waals surface area contributed by atoms with Crippen molar-refractivity contribution in [2.45, 2.75) is 27.3 Å². The molecule has 1 saturated heterocycles. The van der Waals surface area contributed by atoms with Crippen LogP contribution in [0.15, 0.2) is 47.3 Å². The number of fused-ring (bicyclic) bond motifs is 1. The first kappa shape index (κ1) is 21.3. The normalized spacial score (nSPS) is 14.8. The molecule has 0 radical (unpaired) electrons. The Balaban J connectivity index is 1.23. The number of benzene rings is 1. The summed E-state index contributed by atoms with van der Waals surface area (Å²) in [6.45, 7) is 10.8. The van der Waals surface area contributed by atoms with Gasteiger partial charge in [0.2, 0.25) is 0 Å². The number of aromatic nitrogens is 6. The van der Waals surface area contributed by atoms with Gasteiger partial charge in [0, 0.05) is 44.5 Å². The molecule has 0 amide bonds. The maximum absolute atomic E-state index is 12.4. The van der Waals surface area contributed by atoms with Gasteiger partial charge in [-0.3, -0.25) is 9.69 Å². The van der Waals surface area contributed by atoms with Crippen molar-refractivity contribution in [3.63, 3.8) is 0 Å². The minimum absolute atomic E-state index is 0.0963. The summed E-state index contributed by atoms with van der Waals surface area (Å²) in [5.74, 6) is 1.62. The second-order valence-corrected chi connectivity index (χ2v) is 8.54. The Labute approximate surface area is 192 Å². The average molecular weight is 445 g/mol. The van der Waals surface area contributed by atoms with Crippen LogP contribution in [-0.4, -0.2) is 67.2 Å². The fourth-order valence-corrected chi connectivity index (χ4v) is 4.37. The number of nitrogens with zero attached hydrogens (tertiary/aromatic N) is 8. The smallest absolute Gasteiger partial charge is 0.266 e. The molecule has 9 nitrogen and oxygen atoms in total. The van der Waals surface area contributed by atoms with Gasteiger partial charge in [-0.1, -0.05) is 12.1 Å². The van der Waals surface area contributed by atoms with Crippen LogP contribution in [0.4, 0.5) is 5.82 Å². The van der Waals surface area contributed by atoms with E-state index in [-0.39, 0.29) is 5.56 Å². The van der Waals surface area contributed by atoms with Crippen molar-refractivity contribution in [3.05, 3.63) is 69.9 Å². The molecule has 5 rings (SSSR count). The Bertz CT molecular complexity index is 1350. The summed E-state index contributed by atoms with van der Waals surface area (Å²) >= 11 is 0. The standard InChI is InChI=1S/C24H28N8O/c1-17-16-18(2)32(27-17)22-8-9-23(33)31(28-22)15-12-29-10-13-30(14-11-29)24-19(3)25-20-6-4-5-7-21(20)26-24/h4-9,16H,10-15H2,1-3H3. The number of aryl methyl sites for hydroxylation is 3. The Morgan fingerprint density at radius 3 is 2.27 bits per heavy atom. The van der Waals surface area contributed by atoms with Crippen LogP contribution in [0.5, 0.6) is 0 Å². The van der Waals surface area contributed by atoms with E-state index in [0.29, 0.717) is 12.4 Å². The van der Waals surface area contributed by atoms with E-state index < -0.39 is 0 Å². The van der Waals surface area contributed by atoms with Crippen LogP contribution < -0.4 is 10.5 Å². The molecule has 9 heteroatoms. The van der Waals surface area contributed by atoms with E-state index in [4.69, 9.17) is 9.97 Å². The minimum atomic E-state index is -0.0963. The lowest BCUT2D eigenvalue weighted by molar-refractivity contribution is 0.242. The summed E-state index contributed by atoms with van der Waals surface area (Å²) in [6.07, 6.45) is 0. The van der Waals surface area contributed by atoms with Gasteiger partial charge in [-0.15, -0.1) is 5.10 Å². The molecule has 0 aliphatic carbocycles. The van der Waals surface area contributed by atoms with Crippen molar-refractivity contribution >= 4 is 16.9 Å². The monoisotopic (exact) mass is 444 g/mol. The Hall–Kier alpha value is -3.59. The Kier molecular flexibility index (Phi) is 5.63. The highest BCUT2D eigenvalue weighted by Gasteiger charge is 2.20. The van der Waals surface area contributed by atoms with Crippen LogP contribution >= 0.6 is 0 Å². The zero-order valence-electron chi connectivity index (χ0n) is 19.3. The van der Waals surface area contributed by atoms with E-state index in [1.807, 2.05) is 51.1 Å². The van der Waals surface area contributed by atoms with Gasteiger partial charge in [-0.25, -0.2) is 19.3 Å². The molecule has 4 aromatic rings. The van der Waals surface area contributed by atoms with Crippen LogP contribution in [0.2, 0.25) is 0 Å². The lowest BCUT2D eigenvalue weighted by atomic mass is 10.2. The number of rotatable bonds is 5. The molecule has 33 heavy (non-hydrogen) atoms. The average Bonchev–Trinajstić information content (AvgIpc) is 3.16. The quantitative estimate of drug-likeness (QED) is 0.466. The molecule has 0 bridgehead atoms. The number of hydrogen-bond donors (Lipinski definition) is 0. The first-order valence-corrected chi connectivity index (χ1v) is 11.3. The molecule has 0 N–H and O–H groups in total. The summed E-state index contributed by atoms with van der Waals surface area (Å²) < 4.78 is 3.31. The van der Waals surface area contributed by atoms with E-state index in [1.54, 1.807) is 16.8 Å². The van der Waals surface area contributed by atoms with Gasteiger partial charge in [0.05, 0.1) is 29.0 Å². The first-order valence-electron chi connectivity index (χ1n) is 11.3. The van der Waals surface area contributed by atoms with Crippen molar-refractivity contribution < 1.29 is 0 Å². The molecule has 1 aromatic carbocycles. The van der Waals surface area contributed by atoms with Crippen molar-refractivity contribution in [1.82, 2.24) is 34.4 Å². The molecule has 4 heterocycles. The van der Waals surface area contributed by atoms with Crippen molar-refractivity contribution in [1.29, 1.82) is 0 Å². The van der Waals surface area contributed by atoms with Crippen LogP contribution in [0, 0.1) is 20.8 Å². The molecule has 1 aliphatic rings. The summed E-state index contributed by atoms with van der Waals surface area (Å²) in [6, 6.07) is 13.3. The second kappa shape index (κ2) is 8.74. The number of piperazine rings is 1. The zero-order valence-corrected chi connectivity index (χ0v) is 19.3. The van der Waals surface area contributed by atoms with Crippen LogP contribution in [0.3, 0.4) is 0 Å². The van der Waals surface area contributed by atoms with Gasteiger partial charge < -0.3 is 4.90 Å². The summed E-state index contributed by atoms with van der Waals surface area (Å²) in [4.78, 5) is 26.6. The molecule has 0 saturated carbocycles. The molecule has 1 aliphatic heterocycles. The van der Waals surface area contributed by atoms with Gasteiger partial charge in [-0.05, 0) is 45.0 Å². The third-order valence-electron chi connectivity index (χ3n) is 6.10. The summed E-state index contributed by atoms with van der Waals surface area (Å²) in [5, 5.41) is 9.03. The van der Waals surface area contributed by atoms with Crippen LogP contribution in [0.25, 0.3) is 16.9 Å². The van der Waals surface area contributed by atoms with Crippen molar-refractivity contribution in [3.8, 4) is 5.82 Å². The van der Waals surface area contributed by atoms with E-state index >= 15 is 0 Å². The predicted octanol–water partition coefficient (Wildman–Crippen LogP) is 2.12. The summed E-state index contributed by atoms with van der Waals surface area (Å²) in [7, 11) is 0. The fourth-order valence-electron chi connectivity index (χ4n) is 4.37. The maximum Gasteiger partial charge on any atom is 0.266 e. The first-order chi connectivity index (χ1) is 16.0. The lowest BCUT2D eigenvalue weighted by Gasteiger charge is -2.35. The highest BCUT2D eigenvalue weighted by Crippen LogP contribution is 2.21. The third-order valence-corrected chi connectivity index (χ3v) is 6.10. The van der Waals surface area contributed by atoms with E-state index in [1.165, 1.54) is 4.68 Å². The van der Waals surface area contributed by atoms with E-state index in [9.17, 15) is 4.79 Å². The van der Waals surface area contributed by atoms with Gasteiger partial charge >= 0.3 is 0 Å². The zero-order chi connectivity index (χ0) is 22.9. The lowest BCUT2D eigenvalue weighted by Crippen LogP contribution is -2.48. The molecular formula is C24H28N8O. The molecule has 0 unspecified atom stereocenters. The molecule has 3 aromatic heterocycles. The molecule has 170 valence electrons.